The second-order valence-corrected chi connectivity index (χ2v) is 6.22. The van der Waals surface area contributed by atoms with Crippen molar-refractivity contribution in [1.29, 1.82) is 0 Å². The number of anilines is 1. The van der Waals surface area contributed by atoms with Crippen LogP contribution < -0.4 is 9.64 Å². The van der Waals surface area contributed by atoms with Crippen molar-refractivity contribution in [2.24, 2.45) is 0 Å². The summed E-state index contributed by atoms with van der Waals surface area (Å²) < 4.78 is 11.5. The van der Waals surface area contributed by atoms with Crippen LogP contribution in [0, 0.1) is 0 Å². The SMILES string of the molecule is CCC(=O)N(Cc1ccco1)c1nc2c(OC)ccc(Cl)c2s1. The van der Waals surface area contributed by atoms with Crippen LogP contribution in [0.2, 0.25) is 5.02 Å². The quantitative estimate of drug-likeness (QED) is 0.680. The standard InChI is InChI=1S/C16H15ClN2O3S/c1-3-13(20)19(9-10-5-4-8-22-10)16-18-14-12(21-2)7-6-11(17)15(14)23-16/h4-8H,3,9H2,1-2H3. The molecule has 0 fully saturated rings. The molecule has 2 heterocycles. The van der Waals surface area contributed by atoms with Gasteiger partial charge in [-0.1, -0.05) is 29.9 Å². The van der Waals surface area contributed by atoms with Crippen LogP contribution in [0.4, 0.5) is 5.13 Å². The van der Waals surface area contributed by atoms with Gasteiger partial charge in [-0.25, -0.2) is 4.98 Å². The van der Waals surface area contributed by atoms with E-state index >= 15 is 0 Å². The molecule has 2 aromatic heterocycles. The number of fused-ring (bicyclic) bond motifs is 1. The van der Waals surface area contributed by atoms with Crippen molar-refractivity contribution in [1.82, 2.24) is 4.98 Å². The molecule has 3 rings (SSSR count). The molecule has 0 N–H and O–H groups in total. The summed E-state index contributed by atoms with van der Waals surface area (Å²) in [5, 5.41) is 1.17. The van der Waals surface area contributed by atoms with Gasteiger partial charge in [0.05, 0.1) is 29.6 Å². The Morgan fingerprint density at radius 1 is 1.43 bits per heavy atom. The van der Waals surface area contributed by atoms with E-state index in [2.05, 4.69) is 4.98 Å². The van der Waals surface area contributed by atoms with E-state index in [0.29, 0.717) is 40.1 Å². The van der Waals surface area contributed by atoms with Gasteiger partial charge >= 0.3 is 0 Å². The minimum Gasteiger partial charge on any atom is -0.494 e. The van der Waals surface area contributed by atoms with Gasteiger partial charge < -0.3 is 9.15 Å². The third-order valence-electron chi connectivity index (χ3n) is 3.40. The highest BCUT2D eigenvalue weighted by Crippen LogP contribution is 2.39. The highest BCUT2D eigenvalue weighted by molar-refractivity contribution is 7.23. The van der Waals surface area contributed by atoms with Crippen LogP contribution >= 0.6 is 22.9 Å². The highest BCUT2D eigenvalue weighted by atomic mass is 35.5. The Morgan fingerprint density at radius 3 is 2.91 bits per heavy atom. The van der Waals surface area contributed by atoms with Gasteiger partial charge in [-0.15, -0.1) is 0 Å². The molecule has 0 bridgehead atoms. The maximum atomic E-state index is 12.3. The first-order valence-corrected chi connectivity index (χ1v) is 8.29. The second-order valence-electron chi connectivity index (χ2n) is 4.84. The first-order valence-electron chi connectivity index (χ1n) is 7.09. The monoisotopic (exact) mass is 350 g/mol. The lowest BCUT2D eigenvalue weighted by Crippen LogP contribution is -2.29. The number of hydrogen-bond donors (Lipinski definition) is 0. The maximum Gasteiger partial charge on any atom is 0.228 e. The molecule has 0 saturated heterocycles. The summed E-state index contributed by atoms with van der Waals surface area (Å²) in [7, 11) is 1.58. The Bertz CT molecular complexity index is 829. The molecule has 0 spiro atoms. The van der Waals surface area contributed by atoms with E-state index in [9.17, 15) is 4.79 Å². The number of furan rings is 1. The van der Waals surface area contributed by atoms with E-state index in [-0.39, 0.29) is 5.91 Å². The number of carbonyl (C=O) groups excluding carboxylic acids is 1. The van der Waals surface area contributed by atoms with Crippen molar-refractivity contribution in [2.75, 3.05) is 12.0 Å². The van der Waals surface area contributed by atoms with Crippen molar-refractivity contribution >= 4 is 44.2 Å². The number of thiazole rings is 1. The molecule has 0 atom stereocenters. The third kappa shape index (κ3) is 3.04. The lowest BCUT2D eigenvalue weighted by molar-refractivity contribution is -0.118. The van der Waals surface area contributed by atoms with Crippen molar-refractivity contribution in [3.8, 4) is 5.75 Å². The van der Waals surface area contributed by atoms with Gasteiger partial charge in [0.1, 0.15) is 17.0 Å². The summed E-state index contributed by atoms with van der Waals surface area (Å²) in [6.07, 6.45) is 1.96. The molecule has 3 aromatic rings. The van der Waals surface area contributed by atoms with Crippen LogP contribution in [0.1, 0.15) is 19.1 Å². The second kappa shape index (κ2) is 6.60. The fourth-order valence-electron chi connectivity index (χ4n) is 2.23. The topological polar surface area (TPSA) is 55.6 Å². The van der Waals surface area contributed by atoms with E-state index in [0.717, 1.165) is 4.70 Å². The van der Waals surface area contributed by atoms with Crippen molar-refractivity contribution < 1.29 is 13.9 Å². The molecule has 0 aliphatic carbocycles. The Hall–Kier alpha value is -2.05. The van der Waals surface area contributed by atoms with Crippen LogP contribution in [0.5, 0.6) is 5.75 Å². The predicted molar refractivity (Wildman–Crippen MR) is 91.4 cm³/mol. The van der Waals surface area contributed by atoms with E-state index in [1.165, 1.54) is 11.3 Å². The summed E-state index contributed by atoms with van der Waals surface area (Å²) >= 11 is 7.62. The molecule has 23 heavy (non-hydrogen) atoms. The smallest absolute Gasteiger partial charge is 0.228 e. The Morgan fingerprint density at radius 2 is 2.26 bits per heavy atom. The van der Waals surface area contributed by atoms with Gasteiger partial charge in [0.2, 0.25) is 5.91 Å². The molecular formula is C16H15ClN2O3S. The molecular weight excluding hydrogens is 336 g/mol. The summed E-state index contributed by atoms with van der Waals surface area (Å²) in [6, 6.07) is 7.16. The van der Waals surface area contributed by atoms with Crippen LogP contribution in [-0.2, 0) is 11.3 Å². The number of carbonyl (C=O) groups is 1. The first-order chi connectivity index (χ1) is 11.1. The fraction of sp³-hybridized carbons (Fsp3) is 0.250. The summed E-state index contributed by atoms with van der Waals surface area (Å²) in [5.74, 6) is 1.30. The average Bonchev–Trinajstić information content (AvgIpc) is 3.22. The summed E-state index contributed by atoms with van der Waals surface area (Å²) in [6.45, 7) is 2.15. The molecule has 1 aromatic carbocycles. The zero-order valence-electron chi connectivity index (χ0n) is 12.7. The Labute approximate surface area is 142 Å². The van der Waals surface area contributed by atoms with Crippen LogP contribution in [0.3, 0.4) is 0 Å². The largest absolute Gasteiger partial charge is 0.494 e. The van der Waals surface area contributed by atoms with Gasteiger partial charge in [-0.05, 0) is 24.3 Å². The maximum absolute atomic E-state index is 12.3. The predicted octanol–water partition coefficient (Wildman–Crippen LogP) is 4.49. The molecule has 0 aliphatic heterocycles. The molecule has 1 amide bonds. The number of ether oxygens (including phenoxy) is 1. The normalized spacial score (nSPS) is 10.9. The van der Waals surface area contributed by atoms with E-state index in [4.69, 9.17) is 20.8 Å². The fourth-order valence-corrected chi connectivity index (χ4v) is 3.51. The zero-order chi connectivity index (χ0) is 16.4. The number of hydrogen-bond acceptors (Lipinski definition) is 5. The molecule has 0 aliphatic rings. The molecule has 120 valence electrons. The van der Waals surface area contributed by atoms with Crippen molar-refractivity contribution in [3.63, 3.8) is 0 Å². The first kappa shape index (κ1) is 15.8. The minimum absolute atomic E-state index is 0.0319. The Balaban J connectivity index is 2.07. The Kier molecular flexibility index (Phi) is 4.54. The lowest BCUT2D eigenvalue weighted by atomic mass is 10.3. The number of halogens is 1. The number of rotatable bonds is 5. The number of benzene rings is 1. The zero-order valence-corrected chi connectivity index (χ0v) is 14.3. The van der Waals surface area contributed by atoms with E-state index in [1.807, 2.05) is 13.0 Å². The van der Waals surface area contributed by atoms with Gasteiger partial charge in [0, 0.05) is 6.42 Å². The van der Waals surface area contributed by atoms with Crippen LogP contribution in [0.25, 0.3) is 10.2 Å². The summed E-state index contributed by atoms with van der Waals surface area (Å²) in [4.78, 5) is 18.5. The summed E-state index contributed by atoms with van der Waals surface area (Å²) in [5.41, 5.74) is 0.661. The molecule has 5 nitrogen and oxygen atoms in total. The molecule has 7 heteroatoms. The van der Waals surface area contributed by atoms with Gasteiger partial charge in [0.25, 0.3) is 0 Å². The van der Waals surface area contributed by atoms with Crippen LogP contribution in [-0.4, -0.2) is 18.0 Å². The number of amides is 1. The van der Waals surface area contributed by atoms with E-state index in [1.54, 1.807) is 36.5 Å². The molecule has 0 radical (unpaired) electrons. The van der Waals surface area contributed by atoms with Gasteiger partial charge in [-0.2, -0.15) is 0 Å². The third-order valence-corrected chi connectivity index (χ3v) is 4.93. The van der Waals surface area contributed by atoms with Gasteiger partial charge in [0.15, 0.2) is 5.13 Å². The number of aromatic nitrogens is 1. The lowest BCUT2D eigenvalue weighted by Gasteiger charge is -2.17. The van der Waals surface area contributed by atoms with E-state index < -0.39 is 0 Å². The highest BCUT2D eigenvalue weighted by Gasteiger charge is 2.22. The minimum atomic E-state index is -0.0319. The number of methoxy groups -OCH3 is 1. The van der Waals surface area contributed by atoms with Gasteiger partial charge in [-0.3, -0.25) is 9.69 Å². The number of nitrogens with zero attached hydrogens (tertiary/aromatic N) is 2. The van der Waals surface area contributed by atoms with Crippen LogP contribution in [0.15, 0.2) is 34.9 Å². The molecule has 0 unspecified atom stereocenters. The average molecular weight is 351 g/mol. The van der Waals surface area contributed by atoms with Crippen molar-refractivity contribution in [2.45, 2.75) is 19.9 Å². The molecule has 0 saturated carbocycles. The van der Waals surface area contributed by atoms with Crippen molar-refractivity contribution in [3.05, 3.63) is 41.3 Å².